The first kappa shape index (κ1) is 14.5. The molecule has 1 aliphatic rings. The Balaban J connectivity index is 2.15. The van der Waals surface area contributed by atoms with Crippen molar-refractivity contribution in [2.24, 2.45) is 0 Å². The summed E-state index contributed by atoms with van der Waals surface area (Å²) >= 11 is 0. The van der Waals surface area contributed by atoms with Gasteiger partial charge >= 0.3 is 0 Å². The van der Waals surface area contributed by atoms with E-state index in [9.17, 15) is 8.42 Å². The second-order valence-electron chi connectivity index (χ2n) is 4.95. The van der Waals surface area contributed by atoms with Crippen LogP contribution in [0.5, 0.6) is 0 Å². The molecule has 0 bridgehead atoms. The first-order valence-electron chi connectivity index (χ1n) is 6.54. The number of nitrogens with zero attached hydrogens (tertiary/aromatic N) is 2. The molecule has 2 heterocycles. The Morgan fingerprint density at radius 3 is 2.84 bits per heavy atom. The minimum Gasteiger partial charge on any atom is -0.363 e. The number of hydrogen-bond donors (Lipinski definition) is 2. The van der Waals surface area contributed by atoms with Gasteiger partial charge in [-0.25, -0.2) is 8.42 Å². The van der Waals surface area contributed by atoms with Gasteiger partial charge in [-0.2, -0.15) is 4.31 Å². The molecule has 19 heavy (non-hydrogen) atoms. The molecule has 0 spiro atoms. The summed E-state index contributed by atoms with van der Waals surface area (Å²) in [6.45, 7) is 3.53. The largest absolute Gasteiger partial charge is 0.363 e. The molecule has 0 unspecified atom stereocenters. The van der Waals surface area contributed by atoms with Crippen LogP contribution in [0.4, 0.5) is 0 Å². The van der Waals surface area contributed by atoms with Gasteiger partial charge in [0.25, 0.3) is 0 Å². The summed E-state index contributed by atoms with van der Waals surface area (Å²) in [6.07, 6.45) is 2.46. The smallest absolute Gasteiger partial charge is 0.244 e. The fourth-order valence-electron chi connectivity index (χ4n) is 2.27. The van der Waals surface area contributed by atoms with E-state index in [2.05, 4.69) is 15.2 Å². The van der Waals surface area contributed by atoms with Crippen LogP contribution in [0, 0.1) is 0 Å². The normalized spacial score (nSPS) is 19.5. The highest BCUT2D eigenvalue weighted by molar-refractivity contribution is 7.89. The molecule has 1 aromatic heterocycles. The highest BCUT2D eigenvalue weighted by atomic mass is 32.2. The molecule has 0 atom stereocenters. The summed E-state index contributed by atoms with van der Waals surface area (Å²) in [5.74, 6) is 0. The second kappa shape index (κ2) is 6.04. The van der Waals surface area contributed by atoms with Crippen LogP contribution in [0.25, 0.3) is 0 Å². The topological polar surface area (TPSA) is 68.4 Å². The standard InChI is InChI=1S/C12H22N4O2S/c1-13-9-11-8-12(10-14-11)19(17,18)16-5-3-4-15(2)6-7-16/h8,10,13-14H,3-7,9H2,1-2H3. The first-order valence-corrected chi connectivity index (χ1v) is 7.98. The molecule has 2 N–H and O–H groups in total. The van der Waals surface area contributed by atoms with E-state index in [-0.39, 0.29) is 0 Å². The molecule has 108 valence electrons. The van der Waals surface area contributed by atoms with Crippen LogP contribution in [0.15, 0.2) is 17.2 Å². The van der Waals surface area contributed by atoms with Crippen molar-refractivity contribution in [3.05, 3.63) is 18.0 Å². The van der Waals surface area contributed by atoms with E-state index in [1.54, 1.807) is 16.6 Å². The molecule has 1 fully saturated rings. The minimum atomic E-state index is -3.36. The van der Waals surface area contributed by atoms with E-state index in [0.717, 1.165) is 25.2 Å². The molecule has 6 nitrogen and oxygen atoms in total. The maximum Gasteiger partial charge on any atom is 0.244 e. The number of sulfonamides is 1. The Morgan fingerprint density at radius 1 is 1.32 bits per heavy atom. The molecule has 7 heteroatoms. The van der Waals surface area contributed by atoms with E-state index in [1.165, 1.54) is 0 Å². The van der Waals surface area contributed by atoms with Gasteiger partial charge < -0.3 is 15.2 Å². The quantitative estimate of drug-likeness (QED) is 0.821. The minimum absolute atomic E-state index is 0.363. The van der Waals surface area contributed by atoms with E-state index in [4.69, 9.17) is 0 Å². The van der Waals surface area contributed by atoms with Gasteiger partial charge in [-0.3, -0.25) is 0 Å². The van der Waals surface area contributed by atoms with E-state index >= 15 is 0 Å². The Morgan fingerprint density at radius 2 is 2.11 bits per heavy atom. The lowest BCUT2D eigenvalue weighted by atomic mass is 10.4. The van der Waals surface area contributed by atoms with Crippen LogP contribution in [-0.4, -0.2) is 62.9 Å². The van der Waals surface area contributed by atoms with Gasteiger partial charge in [0, 0.05) is 38.1 Å². The number of nitrogens with one attached hydrogen (secondary N) is 2. The maximum absolute atomic E-state index is 12.5. The molecule has 0 saturated carbocycles. The highest BCUT2D eigenvalue weighted by Crippen LogP contribution is 2.18. The number of likely N-dealkylation sites (N-methyl/N-ethyl adjacent to an activating group) is 1. The summed E-state index contributed by atoms with van der Waals surface area (Å²) in [6, 6.07) is 1.71. The third-order valence-electron chi connectivity index (χ3n) is 3.40. The van der Waals surface area contributed by atoms with Crippen molar-refractivity contribution in [1.82, 2.24) is 19.5 Å². The molecule has 1 aliphatic heterocycles. The molecule has 0 aromatic carbocycles. The predicted molar refractivity (Wildman–Crippen MR) is 74.4 cm³/mol. The number of H-pyrrole nitrogens is 1. The van der Waals surface area contributed by atoms with Crippen LogP contribution >= 0.6 is 0 Å². The van der Waals surface area contributed by atoms with Crippen LogP contribution in [0.1, 0.15) is 12.1 Å². The zero-order valence-electron chi connectivity index (χ0n) is 11.5. The lowest BCUT2D eigenvalue weighted by Crippen LogP contribution is -2.34. The summed E-state index contributed by atoms with van der Waals surface area (Å²) in [4.78, 5) is 5.53. The van der Waals surface area contributed by atoms with Crippen molar-refractivity contribution < 1.29 is 8.42 Å². The molecule has 1 saturated heterocycles. The van der Waals surface area contributed by atoms with Gasteiger partial charge in [-0.15, -0.1) is 0 Å². The fourth-order valence-corrected chi connectivity index (χ4v) is 3.76. The first-order chi connectivity index (χ1) is 9.04. The van der Waals surface area contributed by atoms with E-state index in [1.807, 2.05) is 14.1 Å². The lowest BCUT2D eigenvalue weighted by molar-refractivity contribution is 0.347. The monoisotopic (exact) mass is 286 g/mol. The molecule has 0 aliphatic carbocycles. The van der Waals surface area contributed by atoms with E-state index < -0.39 is 10.0 Å². The van der Waals surface area contributed by atoms with Crippen molar-refractivity contribution in [3.63, 3.8) is 0 Å². The average molecular weight is 286 g/mol. The predicted octanol–water partition coefficient (Wildman–Crippen LogP) is 0.0603. The zero-order chi connectivity index (χ0) is 13.9. The molecular formula is C12H22N4O2S. The Hall–Kier alpha value is -0.890. The Kier molecular flexibility index (Phi) is 4.62. The van der Waals surface area contributed by atoms with Crippen molar-refractivity contribution in [3.8, 4) is 0 Å². The number of hydrogen-bond acceptors (Lipinski definition) is 4. The molecule has 2 rings (SSSR count). The molecular weight excluding hydrogens is 264 g/mol. The number of aromatic nitrogens is 1. The summed E-state index contributed by atoms with van der Waals surface area (Å²) in [5.41, 5.74) is 0.882. The fraction of sp³-hybridized carbons (Fsp3) is 0.667. The summed E-state index contributed by atoms with van der Waals surface area (Å²) in [5, 5.41) is 3.00. The number of aromatic amines is 1. The second-order valence-corrected chi connectivity index (χ2v) is 6.89. The van der Waals surface area contributed by atoms with Gasteiger partial charge in [-0.1, -0.05) is 0 Å². The molecule has 0 amide bonds. The Labute approximate surface area is 114 Å². The van der Waals surface area contributed by atoms with Crippen LogP contribution < -0.4 is 5.32 Å². The highest BCUT2D eigenvalue weighted by Gasteiger charge is 2.26. The third kappa shape index (κ3) is 3.36. The lowest BCUT2D eigenvalue weighted by Gasteiger charge is -2.19. The zero-order valence-corrected chi connectivity index (χ0v) is 12.3. The van der Waals surface area contributed by atoms with Crippen molar-refractivity contribution in [1.29, 1.82) is 0 Å². The summed E-state index contributed by atoms with van der Waals surface area (Å²) in [7, 11) is 0.500. The van der Waals surface area contributed by atoms with Crippen LogP contribution in [-0.2, 0) is 16.6 Å². The van der Waals surface area contributed by atoms with Gasteiger partial charge in [0.15, 0.2) is 0 Å². The third-order valence-corrected chi connectivity index (χ3v) is 5.28. The van der Waals surface area contributed by atoms with Gasteiger partial charge in [0.1, 0.15) is 0 Å². The maximum atomic E-state index is 12.5. The SMILES string of the molecule is CNCc1cc(S(=O)(=O)N2CCCN(C)CC2)c[nH]1. The van der Waals surface area contributed by atoms with Crippen molar-refractivity contribution in [2.45, 2.75) is 17.9 Å². The summed E-state index contributed by atoms with van der Waals surface area (Å²) < 4.78 is 26.6. The molecule has 0 radical (unpaired) electrons. The van der Waals surface area contributed by atoms with Crippen LogP contribution in [0.3, 0.4) is 0 Å². The molecule has 1 aromatic rings. The number of rotatable bonds is 4. The van der Waals surface area contributed by atoms with E-state index in [0.29, 0.717) is 24.5 Å². The van der Waals surface area contributed by atoms with Gasteiger partial charge in [0.05, 0.1) is 4.90 Å². The van der Waals surface area contributed by atoms with Crippen molar-refractivity contribution in [2.75, 3.05) is 40.3 Å². The van der Waals surface area contributed by atoms with Gasteiger partial charge in [-0.05, 0) is 33.1 Å². The average Bonchev–Trinajstić information content (AvgIpc) is 2.72. The van der Waals surface area contributed by atoms with Crippen molar-refractivity contribution >= 4 is 10.0 Å². The van der Waals surface area contributed by atoms with Crippen LogP contribution in [0.2, 0.25) is 0 Å². The Bertz CT molecular complexity index is 512. The van der Waals surface area contributed by atoms with Gasteiger partial charge in [0.2, 0.25) is 10.0 Å².